The molecule has 10 heavy (non-hydrogen) atoms. The average Bonchev–Trinajstić information content (AvgIpc) is 1.89. The van der Waals surface area contributed by atoms with Gasteiger partial charge in [0, 0.05) is 12.6 Å². The van der Waals surface area contributed by atoms with Crippen LogP contribution in [-0.4, -0.2) is 26.2 Å². The number of nitrogens with one attached hydrogen (secondary N) is 1. The number of allylic oxidation sites excluding steroid dienone is 1. The maximum atomic E-state index is 10.6. The summed E-state index contributed by atoms with van der Waals surface area (Å²) in [7, 11) is 1.81. The van der Waals surface area contributed by atoms with Gasteiger partial charge in [0.25, 0.3) is 0 Å². The Bertz CT molecular complexity index is 121. The molecule has 0 heterocycles. The van der Waals surface area contributed by atoms with E-state index in [0.717, 1.165) is 0 Å². The van der Waals surface area contributed by atoms with Crippen LogP contribution in [0.2, 0.25) is 0 Å². The highest BCUT2D eigenvalue weighted by atomic mass is 16.5. The first-order chi connectivity index (χ1) is 4.81. The standard InChI is InChI=1S/C7H13NO2/c1-3-4-7(9)10-6-5-8-2/h3-4,8H,5-6H2,1-2H3/b4-3+. The van der Waals surface area contributed by atoms with Crippen LogP contribution in [0.3, 0.4) is 0 Å². The molecule has 0 aromatic heterocycles. The van der Waals surface area contributed by atoms with Gasteiger partial charge in [-0.2, -0.15) is 0 Å². The molecule has 0 saturated heterocycles. The van der Waals surface area contributed by atoms with Crippen LogP contribution in [0.5, 0.6) is 0 Å². The van der Waals surface area contributed by atoms with Crippen LogP contribution in [0, 0.1) is 0 Å². The van der Waals surface area contributed by atoms with E-state index >= 15 is 0 Å². The van der Waals surface area contributed by atoms with Crippen molar-refractivity contribution in [2.45, 2.75) is 6.92 Å². The second-order valence-corrected chi connectivity index (χ2v) is 1.77. The summed E-state index contributed by atoms with van der Waals surface area (Å²) in [5.41, 5.74) is 0. The van der Waals surface area contributed by atoms with Crippen molar-refractivity contribution >= 4 is 5.97 Å². The van der Waals surface area contributed by atoms with E-state index in [-0.39, 0.29) is 5.97 Å². The lowest BCUT2D eigenvalue weighted by atomic mass is 10.5. The van der Waals surface area contributed by atoms with Gasteiger partial charge in [0.1, 0.15) is 6.61 Å². The van der Waals surface area contributed by atoms with Gasteiger partial charge in [-0.1, -0.05) is 6.08 Å². The van der Waals surface area contributed by atoms with E-state index in [1.54, 1.807) is 13.0 Å². The van der Waals surface area contributed by atoms with Crippen molar-refractivity contribution in [1.29, 1.82) is 0 Å². The Morgan fingerprint density at radius 2 is 2.40 bits per heavy atom. The fourth-order valence-corrected chi connectivity index (χ4v) is 0.438. The number of hydrogen-bond donors (Lipinski definition) is 1. The first-order valence-corrected chi connectivity index (χ1v) is 3.25. The normalized spacial score (nSPS) is 10.2. The number of ether oxygens (including phenoxy) is 1. The topological polar surface area (TPSA) is 38.3 Å². The SMILES string of the molecule is C/C=C/C(=O)OCCNC. The van der Waals surface area contributed by atoms with Crippen LogP contribution in [0.15, 0.2) is 12.2 Å². The molecule has 0 bridgehead atoms. The minimum Gasteiger partial charge on any atom is -0.461 e. The molecule has 0 fully saturated rings. The smallest absolute Gasteiger partial charge is 0.330 e. The van der Waals surface area contributed by atoms with Crippen molar-refractivity contribution in [1.82, 2.24) is 5.32 Å². The molecular formula is C7H13NO2. The van der Waals surface area contributed by atoms with Gasteiger partial charge < -0.3 is 10.1 Å². The third kappa shape index (κ3) is 5.31. The van der Waals surface area contributed by atoms with Gasteiger partial charge in [-0.05, 0) is 14.0 Å². The van der Waals surface area contributed by atoms with Crippen LogP contribution >= 0.6 is 0 Å². The van der Waals surface area contributed by atoms with E-state index in [1.807, 2.05) is 7.05 Å². The first kappa shape index (κ1) is 9.17. The number of hydrogen-bond acceptors (Lipinski definition) is 3. The Hall–Kier alpha value is -0.830. The molecule has 0 aliphatic carbocycles. The lowest BCUT2D eigenvalue weighted by Crippen LogP contribution is -2.16. The highest BCUT2D eigenvalue weighted by Gasteiger charge is 1.92. The van der Waals surface area contributed by atoms with E-state index < -0.39 is 0 Å². The van der Waals surface area contributed by atoms with Gasteiger partial charge >= 0.3 is 5.97 Å². The van der Waals surface area contributed by atoms with Crippen molar-refractivity contribution < 1.29 is 9.53 Å². The number of likely N-dealkylation sites (N-methyl/N-ethyl adjacent to an activating group) is 1. The quantitative estimate of drug-likeness (QED) is 0.350. The summed E-state index contributed by atoms with van der Waals surface area (Å²) in [6.07, 6.45) is 3.05. The molecule has 0 atom stereocenters. The van der Waals surface area contributed by atoms with Gasteiger partial charge in [-0.15, -0.1) is 0 Å². The number of rotatable bonds is 4. The highest BCUT2D eigenvalue weighted by molar-refractivity contribution is 5.81. The summed E-state index contributed by atoms with van der Waals surface area (Å²) in [6, 6.07) is 0. The van der Waals surface area contributed by atoms with Crippen molar-refractivity contribution in [2.75, 3.05) is 20.2 Å². The minimum atomic E-state index is -0.280. The number of carbonyl (C=O) groups excluding carboxylic acids is 1. The zero-order chi connectivity index (χ0) is 7.82. The van der Waals surface area contributed by atoms with E-state index in [0.29, 0.717) is 13.2 Å². The van der Waals surface area contributed by atoms with Gasteiger partial charge in [0.05, 0.1) is 0 Å². The average molecular weight is 143 g/mol. The molecular weight excluding hydrogens is 130 g/mol. The third-order valence-corrected chi connectivity index (χ3v) is 0.899. The lowest BCUT2D eigenvalue weighted by molar-refractivity contribution is -0.137. The summed E-state index contributed by atoms with van der Waals surface area (Å²) < 4.78 is 4.73. The Labute approximate surface area is 61.1 Å². The van der Waals surface area contributed by atoms with Gasteiger partial charge in [-0.3, -0.25) is 0 Å². The van der Waals surface area contributed by atoms with Crippen LogP contribution in [0.1, 0.15) is 6.92 Å². The van der Waals surface area contributed by atoms with E-state index in [4.69, 9.17) is 4.74 Å². The second kappa shape index (κ2) is 6.29. The molecule has 0 spiro atoms. The molecule has 1 N–H and O–H groups in total. The lowest BCUT2D eigenvalue weighted by Gasteiger charge is -1.98. The Morgan fingerprint density at radius 3 is 2.90 bits per heavy atom. The second-order valence-electron chi connectivity index (χ2n) is 1.77. The molecule has 0 rings (SSSR count). The Balaban J connectivity index is 3.22. The predicted molar refractivity (Wildman–Crippen MR) is 39.7 cm³/mol. The zero-order valence-corrected chi connectivity index (χ0v) is 6.39. The van der Waals surface area contributed by atoms with E-state index in [2.05, 4.69) is 5.32 Å². The Kier molecular flexibility index (Phi) is 5.77. The van der Waals surface area contributed by atoms with E-state index in [9.17, 15) is 4.79 Å². The maximum absolute atomic E-state index is 10.6. The fraction of sp³-hybridized carbons (Fsp3) is 0.571. The van der Waals surface area contributed by atoms with Gasteiger partial charge in [0.2, 0.25) is 0 Å². The van der Waals surface area contributed by atoms with Crippen LogP contribution in [0.25, 0.3) is 0 Å². The Morgan fingerprint density at radius 1 is 1.70 bits per heavy atom. The van der Waals surface area contributed by atoms with Crippen LogP contribution in [-0.2, 0) is 9.53 Å². The molecule has 0 saturated carbocycles. The molecule has 0 unspecified atom stereocenters. The largest absolute Gasteiger partial charge is 0.461 e. The number of esters is 1. The summed E-state index contributed by atoms with van der Waals surface area (Å²) in [4.78, 5) is 10.6. The highest BCUT2D eigenvalue weighted by Crippen LogP contribution is 1.79. The van der Waals surface area contributed by atoms with Crippen molar-refractivity contribution in [3.8, 4) is 0 Å². The van der Waals surface area contributed by atoms with Crippen molar-refractivity contribution in [3.05, 3.63) is 12.2 Å². The molecule has 3 heteroatoms. The predicted octanol–water partition coefficient (Wildman–Crippen LogP) is 0.325. The number of carbonyl (C=O) groups is 1. The maximum Gasteiger partial charge on any atom is 0.330 e. The fourth-order valence-electron chi connectivity index (χ4n) is 0.438. The molecule has 0 aromatic rings. The van der Waals surface area contributed by atoms with Crippen molar-refractivity contribution in [2.24, 2.45) is 0 Å². The van der Waals surface area contributed by atoms with Gasteiger partial charge in [0.15, 0.2) is 0 Å². The van der Waals surface area contributed by atoms with Crippen LogP contribution < -0.4 is 5.32 Å². The third-order valence-electron chi connectivity index (χ3n) is 0.899. The molecule has 0 aliphatic heterocycles. The molecule has 0 aliphatic rings. The summed E-state index contributed by atoms with van der Waals surface area (Å²) in [5, 5.41) is 2.86. The molecule has 0 aromatic carbocycles. The first-order valence-electron chi connectivity index (χ1n) is 3.25. The summed E-state index contributed by atoms with van der Waals surface area (Å²) >= 11 is 0. The monoisotopic (exact) mass is 143 g/mol. The molecule has 3 nitrogen and oxygen atoms in total. The summed E-state index contributed by atoms with van der Waals surface area (Å²) in [6.45, 7) is 2.91. The van der Waals surface area contributed by atoms with E-state index in [1.165, 1.54) is 6.08 Å². The molecule has 0 amide bonds. The molecule has 58 valence electrons. The molecule has 0 radical (unpaired) electrons. The zero-order valence-electron chi connectivity index (χ0n) is 6.39. The van der Waals surface area contributed by atoms with Gasteiger partial charge in [-0.25, -0.2) is 4.79 Å². The van der Waals surface area contributed by atoms with Crippen LogP contribution in [0.4, 0.5) is 0 Å². The summed E-state index contributed by atoms with van der Waals surface area (Å²) in [5.74, 6) is -0.280. The minimum absolute atomic E-state index is 0.280. The van der Waals surface area contributed by atoms with Crippen molar-refractivity contribution in [3.63, 3.8) is 0 Å².